The molecule has 1 aliphatic heterocycles. The predicted octanol–water partition coefficient (Wildman–Crippen LogP) is 5.55. The zero-order valence-corrected chi connectivity index (χ0v) is 22.2. The lowest BCUT2D eigenvalue weighted by molar-refractivity contribution is 0.137. The molecule has 1 fully saturated rings. The van der Waals surface area contributed by atoms with Crippen LogP contribution in [0, 0.1) is 5.82 Å². The third kappa shape index (κ3) is 6.15. The van der Waals surface area contributed by atoms with Gasteiger partial charge in [-0.25, -0.2) is 27.1 Å². The molecule has 0 bridgehead atoms. The maximum Gasteiger partial charge on any atom is 0.211 e. The van der Waals surface area contributed by atoms with Gasteiger partial charge in [-0.1, -0.05) is 29.8 Å². The van der Waals surface area contributed by atoms with Gasteiger partial charge < -0.3 is 14.8 Å². The third-order valence-electron chi connectivity index (χ3n) is 6.27. The van der Waals surface area contributed by atoms with Crippen molar-refractivity contribution in [3.63, 3.8) is 0 Å². The summed E-state index contributed by atoms with van der Waals surface area (Å²) < 4.78 is 50.7. The summed E-state index contributed by atoms with van der Waals surface area (Å²) in [7, 11) is -3.21. The number of fused-ring (bicyclic) bond motifs is 1. The number of sulfonamides is 1. The van der Waals surface area contributed by atoms with E-state index in [1.807, 2.05) is 24.3 Å². The summed E-state index contributed by atoms with van der Waals surface area (Å²) in [6.45, 7) is 1.02. The number of piperidine rings is 1. The zero-order valence-electron chi connectivity index (χ0n) is 20.6. The van der Waals surface area contributed by atoms with E-state index in [1.54, 1.807) is 24.3 Å². The van der Waals surface area contributed by atoms with Gasteiger partial charge in [0.15, 0.2) is 0 Å². The van der Waals surface area contributed by atoms with Crippen molar-refractivity contribution in [3.8, 4) is 11.5 Å². The molecule has 0 amide bonds. The number of benzene rings is 3. The second kappa shape index (κ2) is 11.1. The van der Waals surface area contributed by atoms with Crippen molar-refractivity contribution in [2.45, 2.75) is 25.6 Å². The molecule has 4 aromatic rings. The standard InChI is InChI=1S/C27H26ClFN4O4S/c1-38(34,35)33-12-10-21(11-13-33)37-25-7-3-6-23-26(25)27(31-17-30-23)32-20-8-9-24(22(28)15-20)36-16-18-4-2-5-19(29)14-18/h2-9,14-15,17,21H,10-13,16H2,1H3,(H,30,31,32). The predicted molar refractivity (Wildman–Crippen MR) is 145 cm³/mol. The van der Waals surface area contributed by atoms with E-state index in [2.05, 4.69) is 15.3 Å². The number of nitrogens with zero attached hydrogens (tertiary/aromatic N) is 3. The highest BCUT2D eigenvalue weighted by molar-refractivity contribution is 7.88. The molecule has 0 atom stereocenters. The van der Waals surface area contributed by atoms with Crippen LogP contribution < -0.4 is 14.8 Å². The van der Waals surface area contributed by atoms with Crippen molar-refractivity contribution in [1.29, 1.82) is 0 Å². The maximum atomic E-state index is 13.4. The first-order valence-electron chi connectivity index (χ1n) is 12.1. The molecule has 11 heteroatoms. The first-order valence-corrected chi connectivity index (χ1v) is 14.3. The van der Waals surface area contributed by atoms with Crippen LogP contribution in [-0.4, -0.2) is 48.1 Å². The van der Waals surface area contributed by atoms with Gasteiger partial charge in [0.05, 0.1) is 22.2 Å². The average Bonchev–Trinajstić information content (AvgIpc) is 2.88. The molecule has 3 aromatic carbocycles. The minimum absolute atomic E-state index is 0.129. The number of ether oxygens (including phenoxy) is 2. The molecule has 5 rings (SSSR count). The Morgan fingerprint density at radius 3 is 2.58 bits per heavy atom. The lowest BCUT2D eigenvalue weighted by atomic mass is 10.1. The number of rotatable bonds is 8. The number of anilines is 2. The van der Waals surface area contributed by atoms with E-state index < -0.39 is 10.0 Å². The number of nitrogens with one attached hydrogen (secondary N) is 1. The van der Waals surface area contributed by atoms with Gasteiger partial charge in [0, 0.05) is 18.8 Å². The molecule has 0 saturated carbocycles. The second-order valence-electron chi connectivity index (χ2n) is 9.04. The molecular formula is C27H26ClFN4O4S. The summed E-state index contributed by atoms with van der Waals surface area (Å²) in [5.41, 5.74) is 2.09. The minimum Gasteiger partial charge on any atom is -0.489 e. The van der Waals surface area contributed by atoms with Crippen LogP contribution in [0.25, 0.3) is 10.9 Å². The smallest absolute Gasteiger partial charge is 0.211 e. The maximum absolute atomic E-state index is 13.4. The van der Waals surface area contributed by atoms with Crippen LogP contribution in [0.15, 0.2) is 67.0 Å². The van der Waals surface area contributed by atoms with Crippen LogP contribution in [0.2, 0.25) is 5.02 Å². The van der Waals surface area contributed by atoms with Gasteiger partial charge in [0.25, 0.3) is 0 Å². The molecule has 2 heterocycles. The number of hydrogen-bond donors (Lipinski definition) is 1. The molecule has 198 valence electrons. The van der Waals surface area contributed by atoms with E-state index in [0.717, 1.165) is 0 Å². The van der Waals surface area contributed by atoms with Crippen LogP contribution in [0.3, 0.4) is 0 Å². The molecule has 1 aromatic heterocycles. The van der Waals surface area contributed by atoms with E-state index in [1.165, 1.54) is 29.0 Å². The highest BCUT2D eigenvalue weighted by atomic mass is 35.5. The highest BCUT2D eigenvalue weighted by Gasteiger charge is 2.26. The molecule has 0 radical (unpaired) electrons. The van der Waals surface area contributed by atoms with Crippen molar-refractivity contribution in [2.24, 2.45) is 0 Å². The van der Waals surface area contributed by atoms with Gasteiger partial charge >= 0.3 is 0 Å². The molecule has 0 unspecified atom stereocenters. The Labute approximate surface area is 225 Å². The van der Waals surface area contributed by atoms with Crippen LogP contribution in [-0.2, 0) is 16.6 Å². The van der Waals surface area contributed by atoms with E-state index in [0.29, 0.717) is 70.4 Å². The molecule has 8 nitrogen and oxygen atoms in total. The fourth-order valence-corrected chi connectivity index (χ4v) is 5.46. The molecule has 1 aliphatic rings. The van der Waals surface area contributed by atoms with Gasteiger partial charge in [-0.05, 0) is 60.9 Å². The second-order valence-corrected chi connectivity index (χ2v) is 11.4. The van der Waals surface area contributed by atoms with Crippen molar-refractivity contribution in [1.82, 2.24) is 14.3 Å². The van der Waals surface area contributed by atoms with Crippen LogP contribution in [0.4, 0.5) is 15.9 Å². The highest BCUT2D eigenvalue weighted by Crippen LogP contribution is 2.35. The normalized spacial score (nSPS) is 14.9. The lowest BCUT2D eigenvalue weighted by Crippen LogP contribution is -2.41. The molecular weight excluding hydrogens is 531 g/mol. The Morgan fingerprint density at radius 1 is 1.05 bits per heavy atom. The Kier molecular flexibility index (Phi) is 7.64. The number of hydrogen-bond acceptors (Lipinski definition) is 7. The monoisotopic (exact) mass is 556 g/mol. The summed E-state index contributed by atoms with van der Waals surface area (Å²) in [5, 5.41) is 4.39. The number of aromatic nitrogens is 2. The third-order valence-corrected chi connectivity index (χ3v) is 7.86. The fourth-order valence-electron chi connectivity index (χ4n) is 4.35. The average molecular weight is 557 g/mol. The van der Waals surface area contributed by atoms with Gasteiger partial charge in [0.1, 0.15) is 42.2 Å². The molecule has 0 spiro atoms. The van der Waals surface area contributed by atoms with Crippen LogP contribution in [0.5, 0.6) is 11.5 Å². The van der Waals surface area contributed by atoms with E-state index in [-0.39, 0.29) is 18.5 Å². The van der Waals surface area contributed by atoms with Gasteiger partial charge in [-0.2, -0.15) is 0 Å². The van der Waals surface area contributed by atoms with Gasteiger partial charge in [0.2, 0.25) is 10.0 Å². The van der Waals surface area contributed by atoms with Crippen molar-refractivity contribution in [2.75, 3.05) is 24.7 Å². The summed E-state index contributed by atoms with van der Waals surface area (Å²) in [6.07, 6.45) is 3.75. The van der Waals surface area contributed by atoms with Gasteiger partial charge in [-0.15, -0.1) is 0 Å². The lowest BCUT2D eigenvalue weighted by Gasteiger charge is -2.30. The molecule has 38 heavy (non-hydrogen) atoms. The zero-order chi connectivity index (χ0) is 26.7. The largest absolute Gasteiger partial charge is 0.489 e. The van der Waals surface area contributed by atoms with Gasteiger partial charge in [-0.3, -0.25) is 0 Å². The molecule has 0 aliphatic carbocycles. The number of halogens is 2. The van der Waals surface area contributed by atoms with E-state index in [4.69, 9.17) is 21.1 Å². The summed E-state index contributed by atoms with van der Waals surface area (Å²) in [6, 6.07) is 17.1. The van der Waals surface area contributed by atoms with Crippen LogP contribution >= 0.6 is 11.6 Å². The van der Waals surface area contributed by atoms with E-state index >= 15 is 0 Å². The topological polar surface area (TPSA) is 93.7 Å². The molecule has 1 saturated heterocycles. The summed E-state index contributed by atoms with van der Waals surface area (Å²) >= 11 is 6.47. The first-order chi connectivity index (χ1) is 18.3. The SMILES string of the molecule is CS(=O)(=O)N1CCC(Oc2cccc3ncnc(Nc4ccc(OCc5cccc(F)c5)c(Cl)c4)c23)CC1. The Balaban J connectivity index is 1.32. The first kappa shape index (κ1) is 26.1. The minimum atomic E-state index is -3.21. The Bertz CT molecular complexity index is 1560. The van der Waals surface area contributed by atoms with Crippen molar-refractivity contribution in [3.05, 3.63) is 83.4 Å². The van der Waals surface area contributed by atoms with E-state index in [9.17, 15) is 12.8 Å². The Morgan fingerprint density at radius 2 is 1.84 bits per heavy atom. The summed E-state index contributed by atoms with van der Waals surface area (Å²) in [4.78, 5) is 8.82. The van der Waals surface area contributed by atoms with Crippen molar-refractivity contribution < 1.29 is 22.3 Å². The summed E-state index contributed by atoms with van der Waals surface area (Å²) in [5.74, 6) is 1.31. The molecule has 1 N–H and O–H groups in total. The Hall–Kier alpha value is -3.47. The quantitative estimate of drug-likeness (QED) is 0.304. The van der Waals surface area contributed by atoms with Crippen LogP contribution in [0.1, 0.15) is 18.4 Å². The van der Waals surface area contributed by atoms with Crippen molar-refractivity contribution >= 4 is 44.0 Å². The fraction of sp³-hybridized carbons (Fsp3) is 0.259.